The first-order valence-corrected chi connectivity index (χ1v) is 5.42. The van der Waals surface area contributed by atoms with Gasteiger partial charge in [0.1, 0.15) is 0 Å². The summed E-state index contributed by atoms with van der Waals surface area (Å²) >= 11 is 3.95. The molecule has 2 rings (SSSR count). The first kappa shape index (κ1) is 8.19. The molecule has 0 spiro atoms. The Morgan fingerprint density at radius 1 is 1.17 bits per heavy atom. The Balaban J connectivity index is 2.45. The Kier molecular flexibility index (Phi) is 2.41. The first-order valence-electron chi connectivity index (χ1n) is 3.53. The van der Waals surface area contributed by atoms with Crippen molar-refractivity contribution in [2.45, 2.75) is 0 Å². The van der Waals surface area contributed by atoms with Gasteiger partial charge in [-0.15, -0.1) is 11.3 Å². The molecular weight excluding hydrogens is 281 g/mol. The summed E-state index contributed by atoms with van der Waals surface area (Å²) in [4.78, 5) is 5.43. The molecule has 0 aliphatic rings. The maximum Gasteiger partial charge on any atom is 0.154 e. The Hall–Kier alpha value is -0.420. The van der Waals surface area contributed by atoms with E-state index in [2.05, 4.69) is 39.7 Å². The molecule has 1 aromatic heterocycles. The standard InChI is InChI=1S/C9H6INS/c10-9-11-6-8(12-9)7-4-2-1-3-5-7/h1-6H. The molecule has 0 radical (unpaired) electrons. The predicted octanol–water partition coefficient (Wildman–Crippen LogP) is 3.41. The Morgan fingerprint density at radius 2 is 1.92 bits per heavy atom. The lowest BCUT2D eigenvalue weighted by atomic mass is 10.2. The summed E-state index contributed by atoms with van der Waals surface area (Å²) in [6, 6.07) is 10.3. The Morgan fingerprint density at radius 3 is 2.50 bits per heavy atom. The van der Waals surface area contributed by atoms with Gasteiger partial charge in [-0.25, -0.2) is 4.98 Å². The van der Waals surface area contributed by atoms with Crippen molar-refractivity contribution in [2.75, 3.05) is 0 Å². The second-order valence-corrected chi connectivity index (χ2v) is 5.13. The van der Waals surface area contributed by atoms with Gasteiger partial charge in [0.15, 0.2) is 3.01 Å². The number of benzene rings is 1. The average Bonchev–Trinajstić information content (AvgIpc) is 2.54. The van der Waals surface area contributed by atoms with Crippen molar-refractivity contribution < 1.29 is 0 Å². The molecule has 0 bridgehead atoms. The first-order chi connectivity index (χ1) is 5.86. The molecule has 0 unspecified atom stereocenters. The fourth-order valence-corrected chi connectivity index (χ4v) is 2.49. The summed E-state index contributed by atoms with van der Waals surface area (Å²) in [7, 11) is 0. The average molecular weight is 287 g/mol. The Bertz CT molecular complexity index is 369. The molecule has 0 fully saturated rings. The lowest BCUT2D eigenvalue weighted by molar-refractivity contribution is 1.38. The zero-order chi connectivity index (χ0) is 8.39. The maximum absolute atomic E-state index is 4.20. The quantitative estimate of drug-likeness (QED) is 0.732. The Labute approximate surface area is 88.6 Å². The third-order valence-electron chi connectivity index (χ3n) is 1.54. The number of hydrogen-bond donors (Lipinski definition) is 0. The molecule has 0 aliphatic carbocycles. The monoisotopic (exact) mass is 287 g/mol. The summed E-state index contributed by atoms with van der Waals surface area (Å²) in [6.45, 7) is 0. The van der Waals surface area contributed by atoms with Crippen molar-refractivity contribution in [3.8, 4) is 10.4 Å². The van der Waals surface area contributed by atoms with E-state index in [1.807, 2.05) is 24.4 Å². The number of rotatable bonds is 1. The van der Waals surface area contributed by atoms with E-state index < -0.39 is 0 Å². The summed E-state index contributed by atoms with van der Waals surface area (Å²) in [5, 5.41) is 0. The van der Waals surface area contributed by atoms with E-state index in [0.717, 1.165) is 3.01 Å². The highest BCUT2D eigenvalue weighted by Gasteiger charge is 1.99. The van der Waals surface area contributed by atoms with Gasteiger partial charge in [0.05, 0.1) is 4.88 Å². The molecule has 0 amide bonds. The van der Waals surface area contributed by atoms with E-state index in [9.17, 15) is 0 Å². The fraction of sp³-hybridized carbons (Fsp3) is 0. The van der Waals surface area contributed by atoms with Gasteiger partial charge in [-0.2, -0.15) is 0 Å². The third kappa shape index (κ3) is 1.67. The molecular formula is C9H6INS. The highest BCUT2D eigenvalue weighted by Crippen LogP contribution is 2.26. The van der Waals surface area contributed by atoms with Crippen molar-refractivity contribution in [1.82, 2.24) is 4.98 Å². The van der Waals surface area contributed by atoms with Crippen LogP contribution in [0.3, 0.4) is 0 Å². The predicted molar refractivity (Wildman–Crippen MR) is 60.3 cm³/mol. The number of aromatic nitrogens is 1. The van der Waals surface area contributed by atoms with Crippen LogP contribution in [0.2, 0.25) is 0 Å². The van der Waals surface area contributed by atoms with Crippen LogP contribution in [0, 0.1) is 3.01 Å². The van der Waals surface area contributed by atoms with Crippen molar-refractivity contribution in [3.63, 3.8) is 0 Å². The van der Waals surface area contributed by atoms with E-state index >= 15 is 0 Å². The third-order valence-corrected chi connectivity index (χ3v) is 3.31. The number of halogens is 1. The molecule has 0 N–H and O–H groups in total. The van der Waals surface area contributed by atoms with Crippen LogP contribution in [0.4, 0.5) is 0 Å². The SMILES string of the molecule is Ic1ncc(-c2ccccc2)s1. The van der Waals surface area contributed by atoms with Crippen LogP contribution in [0.25, 0.3) is 10.4 Å². The molecule has 2 aromatic rings. The van der Waals surface area contributed by atoms with E-state index in [1.54, 1.807) is 11.3 Å². The topological polar surface area (TPSA) is 12.9 Å². The van der Waals surface area contributed by atoms with Crippen LogP contribution < -0.4 is 0 Å². The highest BCUT2D eigenvalue weighted by molar-refractivity contribution is 14.1. The smallest absolute Gasteiger partial charge is 0.154 e. The van der Waals surface area contributed by atoms with Gasteiger partial charge in [0, 0.05) is 6.20 Å². The molecule has 60 valence electrons. The van der Waals surface area contributed by atoms with Crippen molar-refractivity contribution >= 4 is 33.9 Å². The second-order valence-electron chi connectivity index (χ2n) is 2.34. The lowest BCUT2D eigenvalue weighted by Gasteiger charge is -1.92. The van der Waals surface area contributed by atoms with Crippen LogP contribution >= 0.6 is 33.9 Å². The van der Waals surface area contributed by atoms with Crippen molar-refractivity contribution in [2.24, 2.45) is 0 Å². The zero-order valence-corrected chi connectivity index (χ0v) is 9.17. The van der Waals surface area contributed by atoms with E-state index in [4.69, 9.17) is 0 Å². The van der Waals surface area contributed by atoms with Crippen LogP contribution in [0.1, 0.15) is 0 Å². The molecule has 0 aliphatic heterocycles. The maximum atomic E-state index is 4.20. The van der Waals surface area contributed by atoms with Crippen LogP contribution in [-0.2, 0) is 0 Å². The molecule has 12 heavy (non-hydrogen) atoms. The lowest BCUT2D eigenvalue weighted by Crippen LogP contribution is -1.67. The second kappa shape index (κ2) is 3.53. The largest absolute Gasteiger partial charge is 0.238 e. The van der Waals surface area contributed by atoms with Crippen molar-refractivity contribution in [1.29, 1.82) is 0 Å². The van der Waals surface area contributed by atoms with Gasteiger partial charge in [-0.3, -0.25) is 0 Å². The van der Waals surface area contributed by atoms with Gasteiger partial charge in [-0.05, 0) is 28.2 Å². The van der Waals surface area contributed by atoms with E-state index in [1.165, 1.54) is 10.4 Å². The van der Waals surface area contributed by atoms with E-state index in [-0.39, 0.29) is 0 Å². The molecule has 3 heteroatoms. The van der Waals surface area contributed by atoms with Crippen LogP contribution in [0.15, 0.2) is 36.5 Å². The molecule has 1 heterocycles. The van der Waals surface area contributed by atoms with Crippen LogP contribution in [-0.4, -0.2) is 4.98 Å². The molecule has 1 nitrogen and oxygen atoms in total. The number of thiazole rings is 1. The van der Waals surface area contributed by atoms with Crippen molar-refractivity contribution in [3.05, 3.63) is 39.5 Å². The highest BCUT2D eigenvalue weighted by atomic mass is 127. The van der Waals surface area contributed by atoms with Crippen LogP contribution in [0.5, 0.6) is 0 Å². The zero-order valence-electron chi connectivity index (χ0n) is 6.20. The summed E-state index contributed by atoms with van der Waals surface area (Å²) in [5.41, 5.74) is 1.25. The molecule has 1 aromatic carbocycles. The van der Waals surface area contributed by atoms with Gasteiger partial charge in [0.2, 0.25) is 0 Å². The van der Waals surface area contributed by atoms with Gasteiger partial charge < -0.3 is 0 Å². The van der Waals surface area contributed by atoms with Gasteiger partial charge >= 0.3 is 0 Å². The number of hydrogen-bond acceptors (Lipinski definition) is 2. The van der Waals surface area contributed by atoms with E-state index in [0.29, 0.717) is 0 Å². The minimum absolute atomic E-state index is 1.09. The van der Waals surface area contributed by atoms with Gasteiger partial charge in [0.25, 0.3) is 0 Å². The van der Waals surface area contributed by atoms with Gasteiger partial charge in [-0.1, -0.05) is 30.3 Å². The minimum Gasteiger partial charge on any atom is -0.238 e. The molecule has 0 atom stereocenters. The summed E-state index contributed by atoms with van der Waals surface area (Å²) in [6.07, 6.45) is 1.92. The minimum atomic E-state index is 1.09. The summed E-state index contributed by atoms with van der Waals surface area (Å²) < 4.78 is 1.09. The summed E-state index contributed by atoms with van der Waals surface area (Å²) in [5.74, 6) is 0. The normalized spacial score (nSPS) is 10.1. The molecule has 0 saturated carbocycles. The fourth-order valence-electron chi connectivity index (χ4n) is 0.989. The molecule has 0 saturated heterocycles. The number of nitrogens with zero attached hydrogens (tertiary/aromatic N) is 1.